The SMILES string of the molecule is CC(C)S(=O)(=O)NC(=O)C1(C)CCN1C(=O)Cc1ccccc1Cl. The monoisotopic (exact) mass is 372 g/mol. The molecule has 1 saturated heterocycles. The van der Waals surface area contributed by atoms with Crippen molar-refractivity contribution in [2.24, 2.45) is 0 Å². The molecule has 1 aromatic carbocycles. The Morgan fingerprint density at radius 1 is 1.33 bits per heavy atom. The molecule has 0 radical (unpaired) electrons. The van der Waals surface area contributed by atoms with E-state index in [2.05, 4.69) is 4.72 Å². The van der Waals surface area contributed by atoms with E-state index in [1.165, 1.54) is 18.7 Å². The molecular weight excluding hydrogens is 352 g/mol. The van der Waals surface area contributed by atoms with Crippen molar-refractivity contribution in [1.82, 2.24) is 9.62 Å². The van der Waals surface area contributed by atoms with Crippen molar-refractivity contribution in [2.75, 3.05) is 6.54 Å². The minimum atomic E-state index is -3.73. The molecule has 1 fully saturated rings. The maximum absolute atomic E-state index is 12.5. The lowest BCUT2D eigenvalue weighted by Crippen LogP contribution is -2.68. The number of nitrogens with zero attached hydrogens (tertiary/aromatic N) is 1. The number of likely N-dealkylation sites (tertiary alicyclic amines) is 1. The van der Waals surface area contributed by atoms with Crippen molar-refractivity contribution in [1.29, 1.82) is 0 Å². The molecule has 1 aliphatic rings. The van der Waals surface area contributed by atoms with Crippen molar-refractivity contribution in [3.05, 3.63) is 34.9 Å². The fourth-order valence-electron chi connectivity index (χ4n) is 2.45. The van der Waals surface area contributed by atoms with Crippen LogP contribution in [0.5, 0.6) is 0 Å². The van der Waals surface area contributed by atoms with Crippen LogP contribution in [0.1, 0.15) is 32.8 Å². The number of hydrogen-bond donors (Lipinski definition) is 1. The summed E-state index contributed by atoms with van der Waals surface area (Å²) < 4.78 is 25.8. The number of amides is 2. The van der Waals surface area contributed by atoms with E-state index < -0.39 is 26.7 Å². The van der Waals surface area contributed by atoms with Gasteiger partial charge in [0.2, 0.25) is 15.9 Å². The molecule has 0 saturated carbocycles. The third-order valence-electron chi connectivity index (χ3n) is 4.36. The van der Waals surface area contributed by atoms with Gasteiger partial charge >= 0.3 is 0 Å². The van der Waals surface area contributed by atoms with Crippen molar-refractivity contribution in [3.8, 4) is 0 Å². The van der Waals surface area contributed by atoms with E-state index in [0.717, 1.165) is 0 Å². The van der Waals surface area contributed by atoms with Crippen LogP contribution in [0.25, 0.3) is 0 Å². The number of rotatable bonds is 5. The van der Waals surface area contributed by atoms with E-state index in [0.29, 0.717) is 23.6 Å². The summed E-state index contributed by atoms with van der Waals surface area (Å²) in [6.45, 7) is 4.96. The summed E-state index contributed by atoms with van der Waals surface area (Å²) in [6, 6.07) is 7.00. The van der Waals surface area contributed by atoms with Crippen LogP contribution >= 0.6 is 11.6 Å². The molecule has 1 N–H and O–H groups in total. The Bertz CT molecular complexity index is 763. The van der Waals surface area contributed by atoms with Crippen LogP contribution in [0, 0.1) is 0 Å². The Balaban J connectivity index is 2.11. The van der Waals surface area contributed by atoms with Gasteiger partial charge in [0.25, 0.3) is 5.91 Å². The van der Waals surface area contributed by atoms with Crippen LogP contribution in [0.4, 0.5) is 0 Å². The second-order valence-corrected chi connectivity index (χ2v) is 9.01. The molecule has 0 aromatic heterocycles. The van der Waals surface area contributed by atoms with Crippen molar-refractivity contribution >= 4 is 33.4 Å². The van der Waals surface area contributed by atoms with Gasteiger partial charge in [-0.25, -0.2) is 8.42 Å². The highest BCUT2D eigenvalue weighted by atomic mass is 35.5. The summed E-state index contributed by atoms with van der Waals surface area (Å²) in [5, 5.41) is -0.239. The molecule has 132 valence electrons. The Labute approximate surface area is 147 Å². The molecule has 1 unspecified atom stereocenters. The Hall–Kier alpha value is -1.60. The number of halogens is 1. The average Bonchev–Trinajstić information content (AvgIpc) is 2.47. The third kappa shape index (κ3) is 3.57. The first kappa shape index (κ1) is 18.7. The molecule has 1 aromatic rings. The van der Waals surface area contributed by atoms with E-state index in [1.807, 2.05) is 0 Å². The first-order valence-corrected chi connectivity index (χ1v) is 9.60. The van der Waals surface area contributed by atoms with E-state index in [-0.39, 0.29) is 12.3 Å². The lowest BCUT2D eigenvalue weighted by atomic mass is 9.85. The van der Waals surface area contributed by atoms with Crippen molar-refractivity contribution < 1.29 is 18.0 Å². The molecule has 6 nitrogen and oxygen atoms in total. The third-order valence-corrected chi connectivity index (χ3v) is 6.44. The standard InChI is InChI=1S/C16H21ClN2O4S/c1-11(2)24(22,23)18-15(21)16(3)8-9-19(16)14(20)10-12-6-4-5-7-13(12)17/h4-7,11H,8-10H2,1-3H3,(H,18,21). The summed E-state index contributed by atoms with van der Waals surface area (Å²) in [6.07, 6.45) is 0.486. The van der Waals surface area contributed by atoms with E-state index in [1.54, 1.807) is 31.2 Å². The molecule has 0 spiro atoms. The molecule has 24 heavy (non-hydrogen) atoms. The Morgan fingerprint density at radius 2 is 1.96 bits per heavy atom. The Kier molecular flexibility index (Phi) is 5.25. The summed E-state index contributed by atoms with van der Waals surface area (Å²) in [5.74, 6) is -0.927. The lowest BCUT2D eigenvalue weighted by Gasteiger charge is -2.49. The highest BCUT2D eigenvalue weighted by Crippen LogP contribution is 2.32. The van der Waals surface area contributed by atoms with Gasteiger partial charge in [-0.3, -0.25) is 14.3 Å². The number of nitrogens with one attached hydrogen (secondary N) is 1. The molecule has 1 aliphatic heterocycles. The fraction of sp³-hybridized carbons (Fsp3) is 0.500. The second kappa shape index (κ2) is 6.72. The molecular formula is C16H21ClN2O4S. The highest BCUT2D eigenvalue weighted by Gasteiger charge is 2.50. The van der Waals surface area contributed by atoms with Gasteiger partial charge in [0.15, 0.2) is 0 Å². The van der Waals surface area contributed by atoms with Gasteiger partial charge in [0, 0.05) is 11.6 Å². The zero-order chi connectivity index (χ0) is 18.1. The summed E-state index contributed by atoms with van der Waals surface area (Å²) in [5.41, 5.74) is -0.478. The first-order valence-electron chi connectivity index (χ1n) is 7.68. The summed E-state index contributed by atoms with van der Waals surface area (Å²) in [4.78, 5) is 26.3. The van der Waals surface area contributed by atoms with Gasteiger partial charge in [-0.15, -0.1) is 0 Å². The molecule has 1 heterocycles. The number of sulfonamides is 1. The van der Waals surface area contributed by atoms with Gasteiger partial charge < -0.3 is 4.90 Å². The first-order chi connectivity index (χ1) is 11.1. The van der Waals surface area contributed by atoms with Gasteiger partial charge in [-0.05, 0) is 38.8 Å². The summed E-state index contributed by atoms with van der Waals surface area (Å²) >= 11 is 6.06. The zero-order valence-electron chi connectivity index (χ0n) is 13.9. The van der Waals surface area contributed by atoms with Crippen molar-refractivity contribution in [2.45, 2.75) is 44.4 Å². The van der Waals surface area contributed by atoms with Gasteiger partial charge in [-0.2, -0.15) is 0 Å². The van der Waals surface area contributed by atoms with E-state index in [9.17, 15) is 18.0 Å². The molecule has 2 rings (SSSR count). The van der Waals surface area contributed by atoms with E-state index >= 15 is 0 Å². The van der Waals surface area contributed by atoms with Crippen LogP contribution in [0.3, 0.4) is 0 Å². The van der Waals surface area contributed by atoms with Crippen LogP contribution in [-0.2, 0) is 26.0 Å². The molecule has 0 aliphatic carbocycles. The predicted octanol–water partition coefficient (Wildman–Crippen LogP) is 1.73. The normalized spacial score (nSPS) is 20.6. The second-order valence-electron chi connectivity index (χ2n) is 6.36. The van der Waals surface area contributed by atoms with Crippen LogP contribution in [0.15, 0.2) is 24.3 Å². The van der Waals surface area contributed by atoms with Crippen LogP contribution in [-0.4, -0.2) is 42.5 Å². The highest BCUT2D eigenvalue weighted by molar-refractivity contribution is 7.90. The average molecular weight is 373 g/mol. The lowest BCUT2D eigenvalue weighted by molar-refractivity contribution is -0.156. The van der Waals surface area contributed by atoms with Crippen LogP contribution in [0.2, 0.25) is 5.02 Å². The predicted molar refractivity (Wildman–Crippen MR) is 92.1 cm³/mol. The van der Waals surface area contributed by atoms with Gasteiger partial charge in [0.1, 0.15) is 5.54 Å². The zero-order valence-corrected chi connectivity index (χ0v) is 15.4. The molecule has 2 amide bonds. The molecule has 0 bridgehead atoms. The Morgan fingerprint density at radius 3 is 2.46 bits per heavy atom. The number of carbonyl (C=O) groups excluding carboxylic acids is 2. The topological polar surface area (TPSA) is 83.6 Å². The summed E-state index contributed by atoms with van der Waals surface area (Å²) in [7, 11) is -3.73. The van der Waals surface area contributed by atoms with Gasteiger partial charge in [-0.1, -0.05) is 29.8 Å². The van der Waals surface area contributed by atoms with Crippen molar-refractivity contribution in [3.63, 3.8) is 0 Å². The smallest absolute Gasteiger partial charge is 0.259 e. The largest absolute Gasteiger partial charge is 0.328 e. The van der Waals surface area contributed by atoms with Gasteiger partial charge in [0.05, 0.1) is 11.7 Å². The molecule has 8 heteroatoms. The number of hydrogen-bond acceptors (Lipinski definition) is 4. The maximum atomic E-state index is 12.5. The van der Waals surface area contributed by atoms with Crippen LogP contribution < -0.4 is 4.72 Å². The maximum Gasteiger partial charge on any atom is 0.259 e. The quantitative estimate of drug-likeness (QED) is 0.853. The molecule has 1 atom stereocenters. The number of carbonyl (C=O) groups is 2. The van der Waals surface area contributed by atoms with E-state index in [4.69, 9.17) is 11.6 Å². The minimum absolute atomic E-state index is 0.0689. The minimum Gasteiger partial charge on any atom is -0.328 e. The number of benzene rings is 1. The fourth-order valence-corrected chi connectivity index (χ4v) is 3.37.